The van der Waals surface area contributed by atoms with Gasteiger partial charge in [-0.25, -0.2) is 5.43 Å². The minimum absolute atomic E-state index is 0.00306. The number of aryl methyl sites for hydroxylation is 1. The summed E-state index contributed by atoms with van der Waals surface area (Å²) in [5.74, 6) is -2.23. The van der Waals surface area contributed by atoms with Crippen molar-refractivity contribution in [1.82, 2.24) is 40.4 Å². The van der Waals surface area contributed by atoms with Gasteiger partial charge in [0.05, 0.1) is 30.1 Å². The number of hydrazine groups is 1. The molecule has 0 saturated carbocycles. The number of hydrogen-bond donors (Lipinski definition) is 4. The predicted octanol–water partition coefficient (Wildman–Crippen LogP) is 5.15. The third-order valence-corrected chi connectivity index (χ3v) is 14.2. The number of likely N-dealkylation sites (tertiary alicyclic amines) is 1. The molecule has 3 saturated heterocycles. The van der Waals surface area contributed by atoms with E-state index in [9.17, 15) is 29.1 Å². The van der Waals surface area contributed by atoms with Gasteiger partial charge in [-0.3, -0.25) is 34.0 Å². The largest absolute Gasteiger partial charge is 0.508 e. The number of aromatic nitrogens is 2. The summed E-state index contributed by atoms with van der Waals surface area (Å²) >= 11 is 0. The highest BCUT2D eigenvalue weighted by molar-refractivity contribution is 5.96. The highest BCUT2D eigenvalue weighted by Crippen LogP contribution is 2.42. The number of carbonyl (C=O) groups is 5. The molecule has 68 heavy (non-hydrogen) atoms. The third kappa shape index (κ3) is 10.1. The van der Waals surface area contributed by atoms with Gasteiger partial charge in [-0.2, -0.15) is 0 Å². The quantitative estimate of drug-likeness (QED) is 0.121. The molecular formula is C52H68N8O8. The summed E-state index contributed by atoms with van der Waals surface area (Å²) in [6.07, 6.45) is 4.00. The maximum absolute atomic E-state index is 14.8. The molecule has 2 aromatic carbocycles. The number of phenols is 1. The number of nitrogens with one attached hydrogen (secondary N) is 3. The van der Waals surface area contributed by atoms with E-state index in [1.807, 2.05) is 39.0 Å². The van der Waals surface area contributed by atoms with Crippen LogP contribution in [0, 0.1) is 17.3 Å². The van der Waals surface area contributed by atoms with E-state index >= 15 is 0 Å². The Bertz CT molecular complexity index is 2560. The molecule has 3 fully saturated rings. The number of nitrogens with zero attached hydrogens (tertiary/aromatic N) is 5. The highest BCUT2D eigenvalue weighted by atomic mass is 16.5. The Balaban J connectivity index is 1.16. The smallest absolute Gasteiger partial charge is 0.324 e. The van der Waals surface area contributed by atoms with E-state index in [2.05, 4.69) is 59.6 Å². The van der Waals surface area contributed by atoms with Crippen molar-refractivity contribution in [1.29, 1.82) is 0 Å². The minimum atomic E-state index is -1.15. The number of likely N-dealkylation sites (N-methyl/N-ethyl adjacent to an activating group) is 1. The second kappa shape index (κ2) is 20.0. The monoisotopic (exact) mass is 933 g/mol. The van der Waals surface area contributed by atoms with Crippen LogP contribution in [0.25, 0.3) is 33.3 Å². The van der Waals surface area contributed by atoms with Crippen LogP contribution in [0.2, 0.25) is 0 Å². The second-order valence-corrected chi connectivity index (χ2v) is 20.2. The molecule has 0 spiro atoms. The number of amides is 4. The Labute approximate surface area is 399 Å². The van der Waals surface area contributed by atoms with Crippen LogP contribution < -0.4 is 16.1 Å². The molecule has 4 aliphatic rings. The van der Waals surface area contributed by atoms with Crippen LogP contribution in [0.1, 0.15) is 90.2 Å². The van der Waals surface area contributed by atoms with E-state index in [0.717, 1.165) is 44.5 Å². The number of methoxy groups -OCH3 is 1. The second-order valence-electron chi connectivity index (χ2n) is 20.2. The first-order valence-corrected chi connectivity index (χ1v) is 24.3. The van der Waals surface area contributed by atoms with Crippen LogP contribution in [0.5, 0.6) is 5.75 Å². The maximum atomic E-state index is 14.8. The Morgan fingerprint density at radius 3 is 2.47 bits per heavy atom. The molecule has 16 heteroatoms. The Morgan fingerprint density at radius 1 is 1.03 bits per heavy atom. The molecule has 0 radical (unpaired) electrons. The fourth-order valence-corrected chi connectivity index (χ4v) is 10.5. The zero-order chi connectivity index (χ0) is 48.6. The topological polar surface area (TPSA) is 198 Å². The van der Waals surface area contributed by atoms with Crippen LogP contribution in [0.15, 0.2) is 54.7 Å². The molecular weight excluding hydrogens is 865 g/mol. The first kappa shape index (κ1) is 48.6. The number of pyridine rings is 1. The van der Waals surface area contributed by atoms with E-state index in [-0.39, 0.29) is 61.1 Å². The molecule has 4 amide bonds. The zero-order valence-corrected chi connectivity index (χ0v) is 40.8. The number of rotatable bonds is 10. The van der Waals surface area contributed by atoms with Crippen molar-refractivity contribution in [2.75, 3.05) is 46.9 Å². The lowest BCUT2D eigenvalue weighted by molar-refractivity contribution is -0.155. The third-order valence-electron chi connectivity index (χ3n) is 14.2. The van der Waals surface area contributed by atoms with Crippen molar-refractivity contribution in [2.45, 2.75) is 117 Å². The molecule has 0 aliphatic carbocycles. The zero-order valence-electron chi connectivity index (χ0n) is 40.8. The lowest BCUT2D eigenvalue weighted by atomic mass is 9.84. The average molecular weight is 933 g/mol. The van der Waals surface area contributed by atoms with Crippen molar-refractivity contribution in [2.24, 2.45) is 17.3 Å². The van der Waals surface area contributed by atoms with Crippen molar-refractivity contribution in [3.8, 4) is 28.1 Å². The summed E-state index contributed by atoms with van der Waals surface area (Å²) in [5, 5.41) is 19.8. The number of benzene rings is 2. The highest BCUT2D eigenvalue weighted by Gasteiger charge is 2.41. The number of phenolic OH excluding ortho intramolecular Hbond substituents is 1. The van der Waals surface area contributed by atoms with Gasteiger partial charge in [0, 0.05) is 87.3 Å². The molecule has 4 aliphatic heterocycles. The SMILES string of the molecule is CCn1c(-c2cccnc2[C@H](C)OC)c2c3cc(ccc31)-c1cc(O)cc(c1)C[C@H](NC(=O)[C@H](C(C)C)N(C)C(=O)C1CCN(C(=O)[C@H]3CN3)CC1)C(=O)N1CCC[C@H](N1)C(=O)OCC(C)(C)C2. The molecule has 16 nitrogen and oxygen atoms in total. The van der Waals surface area contributed by atoms with Gasteiger partial charge in [0.15, 0.2) is 0 Å². The summed E-state index contributed by atoms with van der Waals surface area (Å²) < 4.78 is 14.2. The van der Waals surface area contributed by atoms with Gasteiger partial charge in [-0.1, -0.05) is 39.8 Å². The molecule has 8 rings (SSSR count). The van der Waals surface area contributed by atoms with Crippen molar-refractivity contribution >= 4 is 40.5 Å². The van der Waals surface area contributed by atoms with Crippen LogP contribution in [-0.4, -0.2) is 130 Å². The van der Waals surface area contributed by atoms with E-state index in [4.69, 9.17) is 14.5 Å². The average Bonchev–Trinajstić information content (AvgIpc) is 4.14. The molecule has 6 heterocycles. The molecule has 0 unspecified atom stereocenters. The van der Waals surface area contributed by atoms with E-state index < -0.39 is 41.3 Å². The van der Waals surface area contributed by atoms with Gasteiger partial charge in [-0.15, -0.1) is 0 Å². The molecule has 6 bridgehead atoms. The van der Waals surface area contributed by atoms with Crippen LogP contribution >= 0.6 is 0 Å². The summed E-state index contributed by atoms with van der Waals surface area (Å²) in [5.41, 5.74) is 9.60. The van der Waals surface area contributed by atoms with Crippen molar-refractivity contribution in [3.63, 3.8) is 0 Å². The van der Waals surface area contributed by atoms with Crippen LogP contribution in [0.3, 0.4) is 0 Å². The van der Waals surface area contributed by atoms with Gasteiger partial charge in [0.25, 0.3) is 5.91 Å². The number of hydrogen-bond acceptors (Lipinski definition) is 11. The van der Waals surface area contributed by atoms with Gasteiger partial charge in [0.1, 0.15) is 23.9 Å². The first-order valence-electron chi connectivity index (χ1n) is 24.3. The number of ether oxygens (including phenoxy) is 2. The van der Waals surface area contributed by atoms with E-state index in [1.54, 1.807) is 37.4 Å². The van der Waals surface area contributed by atoms with Crippen LogP contribution in [0.4, 0.5) is 0 Å². The van der Waals surface area contributed by atoms with Gasteiger partial charge in [0.2, 0.25) is 17.7 Å². The maximum Gasteiger partial charge on any atom is 0.324 e. The molecule has 2 aromatic heterocycles. The van der Waals surface area contributed by atoms with Crippen LogP contribution in [-0.2, 0) is 52.8 Å². The summed E-state index contributed by atoms with van der Waals surface area (Å²) in [4.78, 5) is 78.2. The Kier molecular flexibility index (Phi) is 14.3. The first-order chi connectivity index (χ1) is 32.5. The van der Waals surface area contributed by atoms with Gasteiger partial charge in [-0.05, 0) is 111 Å². The lowest BCUT2D eigenvalue weighted by Gasteiger charge is -2.38. The van der Waals surface area contributed by atoms with E-state index in [1.165, 1.54) is 9.91 Å². The number of carbonyl (C=O) groups excluding carboxylic acids is 5. The normalized spacial score (nSPS) is 22.0. The number of aromatic hydroxyl groups is 1. The minimum Gasteiger partial charge on any atom is -0.508 e. The molecule has 4 N–H and O–H groups in total. The summed E-state index contributed by atoms with van der Waals surface area (Å²) in [6.45, 7) is 14.7. The lowest BCUT2D eigenvalue weighted by Crippen LogP contribution is -2.62. The van der Waals surface area contributed by atoms with Crippen molar-refractivity contribution < 1.29 is 38.6 Å². The molecule has 4 aromatic rings. The Hall–Kier alpha value is -5.84. The standard InChI is InChI=1S/C52H68N8O8/c1-9-59-43-15-14-34-26-38(43)39(46(59)37-12-10-18-53-44(37)31(4)67-8)27-52(5,6)29-68-51(66)40-13-11-19-60(56-40)50(65)41(24-32-22-35(34)25-36(61)23-32)55-47(62)45(30(2)3)57(7)48(63)33-16-20-58(21-17-33)49(64)42-28-54-42/h10,12,14-15,18,22-23,25-26,30-31,33,40-42,45,54,56,61H,9,11,13,16-17,19-21,24,27-29H2,1-8H3,(H,55,62)/t31-,40-,41-,42+,45-/m0/s1. The van der Waals surface area contributed by atoms with Gasteiger partial charge < -0.3 is 39.6 Å². The Morgan fingerprint density at radius 2 is 1.78 bits per heavy atom. The molecule has 5 atom stereocenters. The fraction of sp³-hybridized carbons (Fsp3) is 0.538. The predicted molar refractivity (Wildman–Crippen MR) is 258 cm³/mol. The van der Waals surface area contributed by atoms with E-state index in [0.29, 0.717) is 63.8 Å². The van der Waals surface area contributed by atoms with Crippen molar-refractivity contribution in [3.05, 3.63) is 71.5 Å². The number of cyclic esters (lactones) is 1. The summed E-state index contributed by atoms with van der Waals surface area (Å²) in [6, 6.07) is 12.5. The van der Waals surface area contributed by atoms with Gasteiger partial charge >= 0.3 is 5.97 Å². The number of esters is 1. The number of piperidine rings is 1. The summed E-state index contributed by atoms with van der Waals surface area (Å²) in [7, 11) is 3.30. The number of fused-ring (bicyclic) bond motifs is 6. The molecule has 364 valence electrons. The fourth-order valence-electron chi connectivity index (χ4n) is 10.5.